The Morgan fingerprint density at radius 1 is 1.32 bits per heavy atom. The number of amides is 1. The van der Waals surface area contributed by atoms with Gasteiger partial charge in [0.2, 0.25) is 5.91 Å². The van der Waals surface area contributed by atoms with Gasteiger partial charge in [-0.15, -0.1) is 11.3 Å². The number of carbonyl (C=O) groups excluding carboxylic acids is 1. The minimum atomic E-state index is -1.12. The molecule has 2 aromatic heterocycles. The second-order valence-electron chi connectivity index (χ2n) is 5.27. The van der Waals surface area contributed by atoms with Crippen molar-refractivity contribution in [2.24, 2.45) is 0 Å². The second-order valence-corrected chi connectivity index (χ2v) is 6.27. The fraction of sp³-hybridized carbons (Fsp3) is 0.125. The van der Waals surface area contributed by atoms with Crippen molar-refractivity contribution in [2.75, 3.05) is 5.32 Å². The van der Waals surface area contributed by atoms with Crippen LogP contribution in [-0.2, 0) is 11.3 Å². The van der Waals surface area contributed by atoms with Gasteiger partial charge in [-0.2, -0.15) is 0 Å². The summed E-state index contributed by atoms with van der Waals surface area (Å²) in [5.41, 5.74) is 0.243. The molecule has 1 aromatic carbocycles. The van der Waals surface area contributed by atoms with E-state index in [1.165, 1.54) is 37.5 Å². The van der Waals surface area contributed by atoms with Gasteiger partial charge in [-0.05, 0) is 36.8 Å². The molecule has 0 aliphatic rings. The first-order chi connectivity index (χ1) is 11.9. The van der Waals surface area contributed by atoms with Crippen molar-refractivity contribution < 1.29 is 19.1 Å². The van der Waals surface area contributed by atoms with Crippen molar-refractivity contribution in [3.8, 4) is 0 Å². The number of anilines is 1. The van der Waals surface area contributed by atoms with E-state index in [2.05, 4.69) is 10.3 Å². The zero-order valence-electron chi connectivity index (χ0n) is 12.9. The number of nitrogens with one attached hydrogen (secondary N) is 1. The van der Waals surface area contributed by atoms with Gasteiger partial charge in [-0.3, -0.25) is 14.2 Å². The molecule has 1 amide bonds. The number of thiophene rings is 1. The van der Waals surface area contributed by atoms with E-state index in [0.717, 1.165) is 15.9 Å². The summed E-state index contributed by atoms with van der Waals surface area (Å²) in [5, 5.41) is 11.9. The number of aryl methyl sites for hydroxylation is 1. The maximum absolute atomic E-state index is 12.9. The van der Waals surface area contributed by atoms with Crippen LogP contribution in [0.15, 0.2) is 35.4 Å². The number of nitrogens with zero attached hydrogens (tertiary/aromatic N) is 2. The summed E-state index contributed by atoms with van der Waals surface area (Å²) in [7, 11) is 0. The number of hydrogen-bond donors (Lipinski definition) is 2. The van der Waals surface area contributed by atoms with Crippen molar-refractivity contribution in [2.45, 2.75) is 13.5 Å². The Balaban J connectivity index is 1.88. The number of benzene rings is 1. The number of rotatable bonds is 4. The van der Waals surface area contributed by atoms with E-state index in [9.17, 15) is 18.8 Å². The highest BCUT2D eigenvalue weighted by atomic mass is 32.1. The number of carboxylic acid groups (broad SMARTS) is 1. The van der Waals surface area contributed by atoms with E-state index in [-0.39, 0.29) is 16.8 Å². The van der Waals surface area contributed by atoms with Gasteiger partial charge in [0, 0.05) is 5.69 Å². The molecule has 7 nitrogen and oxygen atoms in total. The molecule has 0 saturated heterocycles. The van der Waals surface area contributed by atoms with Crippen LogP contribution in [-0.4, -0.2) is 26.5 Å². The molecule has 9 heteroatoms. The summed E-state index contributed by atoms with van der Waals surface area (Å²) in [6.07, 6.45) is 1.20. The summed E-state index contributed by atoms with van der Waals surface area (Å²) in [5.74, 6) is -2.03. The molecule has 0 bridgehead atoms. The number of carboxylic acids is 1. The lowest BCUT2D eigenvalue weighted by Gasteiger charge is -2.07. The van der Waals surface area contributed by atoms with Gasteiger partial charge in [0.1, 0.15) is 22.1 Å². The van der Waals surface area contributed by atoms with E-state index in [0.29, 0.717) is 16.1 Å². The van der Waals surface area contributed by atoms with Crippen LogP contribution in [0.4, 0.5) is 10.1 Å². The third-order valence-electron chi connectivity index (χ3n) is 3.55. The Labute approximate surface area is 144 Å². The maximum atomic E-state index is 12.9. The number of carbonyl (C=O) groups is 2. The Morgan fingerprint density at radius 3 is 2.64 bits per heavy atom. The molecule has 0 aliphatic carbocycles. The van der Waals surface area contributed by atoms with E-state index in [4.69, 9.17) is 5.11 Å². The molecule has 0 atom stereocenters. The molecular formula is C16H12FN3O4S. The normalized spacial score (nSPS) is 10.8. The zero-order valence-corrected chi connectivity index (χ0v) is 13.8. The highest BCUT2D eigenvalue weighted by Crippen LogP contribution is 2.26. The Morgan fingerprint density at radius 2 is 2.00 bits per heavy atom. The van der Waals surface area contributed by atoms with E-state index >= 15 is 0 Å². The minimum Gasteiger partial charge on any atom is -0.477 e. The standard InChI is InChI=1S/C16H12FN3O4S/c1-8-12-14(25-13(8)16(23)24)18-7-20(15(12)22)6-11(21)19-10-4-2-9(17)3-5-10/h2-5,7H,6H2,1H3,(H,19,21)(H,23,24). The van der Waals surface area contributed by atoms with Crippen LogP contribution in [0.2, 0.25) is 0 Å². The number of fused-ring (bicyclic) bond motifs is 1. The van der Waals surface area contributed by atoms with E-state index in [1.54, 1.807) is 0 Å². The summed E-state index contributed by atoms with van der Waals surface area (Å²) in [6.45, 7) is 1.24. The number of hydrogen-bond acceptors (Lipinski definition) is 5. The molecule has 0 fully saturated rings. The molecule has 0 unspecified atom stereocenters. The molecule has 0 saturated carbocycles. The van der Waals surface area contributed by atoms with Crippen LogP contribution in [0.3, 0.4) is 0 Å². The Hall–Kier alpha value is -3.07. The van der Waals surface area contributed by atoms with Crippen molar-refractivity contribution in [1.29, 1.82) is 0 Å². The molecular weight excluding hydrogens is 349 g/mol. The fourth-order valence-corrected chi connectivity index (χ4v) is 3.34. The molecule has 128 valence electrons. The Kier molecular flexibility index (Phi) is 4.32. The monoisotopic (exact) mass is 361 g/mol. The molecule has 3 aromatic rings. The predicted octanol–water partition coefficient (Wildman–Crippen LogP) is 2.24. The van der Waals surface area contributed by atoms with Crippen LogP contribution in [0.25, 0.3) is 10.2 Å². The molecule has 25 heavy (non-hydrogen) atoms. The van der Waals surface area contributed by atoms with Crippen LogP contribution in [0.1, 0.15) is 15.2 Å². The summed E-state index contributed by atoms with van der Waals surface area (Å²) >= 11 is 0.918. The zero-order chi connectivity index (χ0) is 18.1. The topological polar surface area (TPSA) is 101 Å². The highest BCUT2D eigenvalue weighted by Gasteiger charge is 2.19. The molecule has 2 heterocycles. The van der Waals surface area contributed by atoms with Gasteiger partial charge in [0.05, 0.1) is 11.7 Å². The summed E-state index contributed by atoms with van der Waals surface area (Å²) in [4.78, 5) is 40.2. The number of aromatic nitrogens is 2. The lowest BCUT2D eigenvalue weighted by atomic mass is 10.2. The summed E-state index contributed by atoms with van der Waals surface area (Å²) < 4.78 is 14.0. The first kappa shape index (κ1) is 16.8. The molecule has 0 spiro atoms. The van der Waals surface area contributed by atoms with Crippen molar-refractivity contribution in [3.63, 3.8) is 0 Å². The first-order valence-corrected chi connectivity index (χ1v) is 7.95. The number of halogens is 1. The van der Waals surface area contributed by atoms with Crippen LogP contribution in [0, 0.1) is 12.7 Å². The molecule has 3 rings (SSSR count). The molecule has 2 N–H and O–H groups in total. The van der Waals surface area contributed by atoms with Crippen LogP contribution in [0.5, 0.6) is 0 Å². The first-order valence-electron chi connectivity index (χ1n) is 7.14. The van der Waals surface area contributed by atoms with Crippen molar-refractivity contribution in [3.05, 3.63) is 57.2 Å². The average Bonchev–Trinajstić information content (AvgIpc) is 2.90. The van der Waals surface area contributed by atoms with Crippen molar-refractivity contribution >= 4 is 39.1 Å². The lowest BCUT2D eigenvalue weighted by Crippen LogP contribution is -2.27. The summed E-state index contributed by atoms with van der Waals surface area (Å²) in [6, 6.07) is 5.22. The van der Waals surface area contributed by atoms with E-state index < -0.39 is 23.3 Å². The third-order valence-corrected chi connectivity index (χ3v) is 4.74. The third kappa shape index (κ3) is 3.26. The lowest BCUT2D eigenvalue weighted by molar-refractivity contribution is -0.116. The van der Waals surface area contributed by atoms with Gasteiger partial charge in [-0.25, -0.2) is 14.2 Å². The maximum Gasteiger partial charge on any atom is 0.346 e. The quantitative estimate of drug-likeness (QED) is 0.742. The van der Waals surface area contributed by atoms with Crippen molar-refractivity contribution in [1.82, 2.24) is 9.55 Å². The Bertz CT molecular complexity index is 1040. The van der Waals surface area contributed by atoms with Gasteiger partial charge in [0.25, 0.3) is 5.56 Å². The predicted molar refractivity (Wildman–Crippen MR) is 90.6 cm³/mol. The average molecular weight is 361 g/mol. The van der Waals surface area contributed by atoms with Crippen LogP contribution >= 0.6 is 11.3 Å². The largest absolute Gasteiger partial charge is 0.477 e. The van der Waals surface area contributed by atoms with Gasteiger partial charge in [0.15, 0.2) is 0 Å². The van der Waals surface area contributed by atoms with Gasteiger partial charge >= 0.3 is 5.97 Å². The fourth-order valence-electron chi connectivity index (χ4n) is 2.36. The minimum absolute atomic E-state index is 0.0492. The molecule has 0 aliphatic heterocycles. The molecule has 0 radical (unpaired) electrons. The van der Waals surface area contributed by atoms with Crippen LogP contribution < -0.4 is 10.9 Å². The van der Waals surface area contributed by atoms with Gasteiger partial charge in [-0.1, -0.05) is 0 Å². The van der Waals surface area contributed by atoms with Gasteiger partial charge < -0.3 is 10.4 Å². The van der Waals surface area contributed by atoms with E-state index in [1.807, 2.05) is 0 Å². The highest BCUT2D eigenvalue weighted by molar-refractivity contribution is 7.20. The smallest absolute Gasteiger partial charge is 0.346 e. The SMILES string of the molecule is Cc1c(C(=O)O)sc2ncn(CC(=O)Nc3ccc(F)cc3)c(=O)c12. The number of aromatic carboxylic acids is 1. The second kappa shape index (κ2) is 6.44.